The quantitative estimate of drug-likeness (QED) is 0.309. The van der Waals surface area contributed by atoms with Crippen LogP contribution in [0.1, 0.15) is 11.4 Å². The van der Waals surface area contributed by atoms with Crippen LogP contribution in [0.25, 0.3) is 22.8 Å². The molecule has 4 aromatic rings. The summed E-state index contributed by atoms with van der Waals surface area (Å²) in [5.74, 6) is -0.0495. The van der Waals surface area contributed by atoms with E-state index < -0.39 is 23.7 Å². The van der Waals surface area contributed by atoms with Gasteiger partial charge in [0.15, 0.2) is 0 Å². The van der Waals surface area contributed by atoms with E-state index in [0.29, 0.717) is 0 Å². The van der Waals surface area contributed by atoms with Crippen molar-refractivity contribution in [2.45, 2.75) is 12.4 Å². The molecule has 14 heteroatoms. The summed E-state index contributed by atoms with van der Waals surface area (Å²) in [6, 6.07) is 10.1. The maximum Gasteiger partial charge on any atom is 2.00 e. The van der Waals surface area contributed by atoms with E-state index in [0.717, 1.165) is 12.1 Å². The second-order valence-corrected chi connectivity index (χ2v) is 6.05. The van der Waals surface area contributed by atoms with Gasteiger partial charge in [0.25, 0.3) is 0 Å². The molecule has 0 N–H and O–H groups in total. The molecule has 0 atom stereocenters. The summed E-state index contributed by atoms with van der Waals surface area (Å²) in [7, 11) is 0. The molecule has 4 heterocycles. The van der Waals surface area contributed by atoms with E-state index in [2.05, 4.69) is 30.4 Å². The number of ether oxygens (including phenoxy) is 1. The molecule has 0 saturated carbocycles. The van der Waals surface area contributed by atoms with Gasteiger partial charge in [-0.1, -0.05) is 23.5 Å². The fourth-order valence-electron chi connectivity index (χ4n) is 2.45. The smallest absolute Gasteiger partial charge is 0.573 e. The Morgan fingerprint density at radius 1 is 0.656 bits per heavy atom. The average Bonchev–Trinajstić information content (AvgIpc) is 3.38. The maximum absolute atomic E-state index is 12.7. The van der Waals surface area contributed by atoms with Crippen LogP contribution in [-0.4, -0.2) is 20.2 Å². The molecule has 32 heavy (non-hydrogen) atoms. The molecule has 0 fully saturated rings. The first-order valence-electron chi connectivity index (χ1n) is 8.37. The number of aromatic nitrogens is 6. The fourth-order valence-corrected chi connectivity index (χ4v) is 2.45. The SMILES string of the molecule is FC(F)(F)c1cc(-c2cccc(Oc3cccc(-c4cc(C(F)(F)F)n[n-]4)n3)n2)[n-]n1.[Pt+2]. The molecule has 168 valence electrons. The van der Waals surface area contributed by atoms with Gasteiger partial charge in [0.2, 0.25) is 11.8 Å². The topological polar surface area (TPSA) is 89.0 Å². The van der Waals surface area contributed by atoms with Crippen LogP contribution in [0.4, 0.5) is 26.3 Å². The molecule has 0 aliphatic carbocycles. The molecule has 7 nitrogen and oxygen atoms in total. The average molecular weight is 633 g/mol. The number of alkyl halides is 6. The zero-order valence-corrected chi connectivity index (χ0v) is 17.6. The normalized spacial score (nSPS) is 11.8. The number of hydrogen-bond acceptors (Lipinski definition) is 5. The maximum atomic E-state index is 12.7. The zero-order valence-electron chi connectivity index (χ0n) is 15.3. The minimum Gasteiger partial charge on any atom is -0.573 e. The summed E-state index contributed by atoms with van der Waals surface area (Å²) < 4.78 is 81.7. The summed E-state index contributed by atoms with van der Waals surface area (Å²) >= 11 is 0. The van der Waals surface area contributed by atoms with Gasteiger partial charge in [-0.25, -0.2) is 9.97 Å². The summed E-state index contributed by atoms with van der Waals surface area (Å²) in [5, 5.41) is 13.1. The summed E-state index contributed by atoms with van der Waals surface area (Å²) in [4.78, 5) is 8.13. The number of rotatable bonds is 4. The van der Waals surface area contributed by atoms with Crippen LogP contribution < -0.4 is 14.9 Å². The molecule has 0 radical (unpaired) electrons. The summed E-state index contributed by atoms with van der Waals surface area (Å²) in [6.07, 6.45) is -9.28. The monoisotopic (exact) mass is 633 g/mol. The van der Waals surface area contributed by atoms with Crippen molar-refractivity contribution in [3.8, 4) is 34.5 Å². The van der Waals surface area contributed by atoms with E-state index in [1.165, 1.54) is 36.4 Å². The van der Waals surface area contributed by atoms with Crippen molar-refractivity contribution in [2.24, 2.45) is 0 Å². The third kappa shape index (κ3) is 5.15. The van der Waals surface area contributed by atoms with Crippen LogP contribution in [-0.2, 0) is 33.4 Å². The molecule has 0 unspecified atom stereocenters. The van der Waals surface area contributed by atoms with Crippen molar-refractivity contribution in [1.82, 2.24) is 30.4 Å². The molecule has 4 aromatic heterocycles. The number of hydrogen-bond donors (Lipinski definition) is 0. The van der Waals surface area contributed by atoms with E-state index in [4.69, 9.17) is 4.74 Å². The summed E-state index contributed by atoms with van der Waals surface area (Å²) in [6.45, 7) is 0. The van der Waals surface area contributed by atoms with Crippen LogP contribution >= 0.6 is 0 Å². The van der Waals surface area contributed by atoms with Gasteiger partial charge in [0.1, 0.15) is 11.4 Å². The predicted molar refractivity (Wildman–Crippen MR) is 91.7 cm³/mol. The standard InChI is InChI=1S/C18H8F6N6O.Pt/c19-17(20,21)13-7-11(27-29-13)9-3-1-5-15(25-9)31-16-6-2-4-10(26-16)12-8-14(30-28-12)18(22,23)24;/h1-8H;/q-2;+2. The van der Waals surface area contributed by atoms with Crippen molar-refractivity contribution >= 4 is 0 Å². The Morgan fingerprint density at radius 2 is 1.06 bits per heavy atom. The minimum atomic E-state index is -4.64. The second-order valence-electron chi connectivity index (χ2n) is 6.05. The van der Waals surface area contributed by atoms with Crippen LogP contribution in [0.2, 0.25) is 0 Å². The van der Waals surface area contributed by atoms with E-state index in [1.54, 1.807) is 0 Å². The number of nitrogens with zero attached hydrogens (tertiary/aromatic N) is 6. The molecule has 0 saturated heterocycles. The number of halogens is 6. The van der Waals surface area contributed by atoms with Gasteiger partial charge in [-0.3, -0.25) is 0 Å². The van der Waals surface area contributed by atoms with Crippen LogP contribution in [0.15, 0.2) is 48.5 Å². The van der Waals surface area contributed by atoms with Gasteiger partial charge in [0, 0.05) is 12.1 Å². The van der Waals surface area contributed by atoms with Crippen molar-refractivity contribution < 1.29 is 52.1 Å². The first kappa shape index (κ1) is 23.5. The van der Waals surface area contributed by atoms with Gasteiger partial charge in [-0.15, -0.1) is 0 Å². The third-order valence-electron chi connectivity index (χ3n) is 3.84. The molecule has 0 aliphatic rings. The van der Waals surface area contributed by atoms with Crippen molar-refractivity contribution in [2.75, 3.05) is 0 Å². The molecule has 0 amide bonds. The van der Waals surface area contributed by atoms with Crippen LogP contribution in [0.3, 0.4) is 0 Å². The van der Waals surface area contributed by atoms with E-state index in [9.17, 15) is 26.3 Å². The second kappa shape index (κ2) is 8.73. The van der Waals surface area contributed by atoms with E-state index in [-0.39, 0.29) is 55.6 Å². The fraction of sp³-hybridized carbons (Fsp3) is 0.111. The Morgan fingerprint density at radius 3 is 1.41 bits per heavy atom. The minimum absolute atomic E-state index is 0. The zero-order chi connectivity index (χ0) is 22.2. The van der Waals surface area contributed by atoms with Gasteiger partial charge >= 0.3 is 33.4 Å². The Hall–Kier alpha value is -3.21. The van der Waals surface area contributed by atoms with Gasteiger partial charge < -0.3 is 25.1 Å². The molecule has 0 spiro atoms. The third-order valence-corrected chi connectivity index (χ3v) is 3.84. The van der Waals surface area contributed by atoms with Crippen molar-refractivity contribution in [3.63, 3.8) is 0 Å². The van der Waals surface area contributed by atoms with E-state index in [1.807, 2.05) is 0 Å². The molecule has 0 bridgehead atoms. The summed E-state index contributed by atoms with van der Waals surface area (Å²) in [5.41, 5.74) is -2.36. The molecule has 4 rings (SSSR count). The Balaban J connectivity index is 0.00000289. The van der Waals surface area contributed by atoms with Gasteiger partial charge in [-0.05, 0) is 24.3 Å². The van der Waals surface area contributed by atoms with E-state index >= 15 is 0 Å². The number of pyridine rings is 2. The first-order chi connectivity index (χ1) is 14.6. The molecular weight excluding hydrogens is 625 g/mol. The van der Waals surface area contributed by atoms with Gasteiger partial charge in [-0.2, -0.15) is 26.3 Å². The van der Waals surface area contributed by atoms with Crippen molar-refractivity contribution in [3.05, 3.63) is 59.9 Å². The molecular formula is C18H8F6N6OPt. The van der Waals surface area contributed by atoms with Gasteiger partial charge in [0.05, 0.1) is 11.4 Å². The first-order valence-corrected chi connectivity index (χ1v) is 8.37. The Kier molecular flexibility index (Phi) is 6.40. The van der Waals surface area contributed by atoms with Crippen LogP contribution in [0, 0.1) is 0 Å². The predicted octanol–water partition coefficient (Wildman–Crippen LogP) is 4.34. The van der Waals surface area contributed by atoms with Crippen LogP contribution in [0.5, 0.6) is 11.8 Å². The Labute approximate surface area is 189 Å². The largest absolute Gasteiger partial charge is 2.00 e. The molecule has 0 aromatic carbocycles. The molecule has 0 aliphatic heterocycles. The Bertz CT molecular complexity index is 1130. The van der Waals surface area contributed by atoms with Crippen molar-refractivity contribution in [1.29, 1.82) is 0 Å².